The zero-order valence-corrected chi connectivity index (χ0v) is 11.8. The second-order valence-electron chi connectivity index (χ2n) is 4.66. The van der Waals surface area contributed by atoms with Crippen LogP contribution in [0.4, 0.5) is 5.69 Å². The van der Waals surface area contributed by atoms with Gasteiger partial charge < -0.3 is 9.64 Å². The van der Waals surface area contributed by atoms with Crippen molar-refractivity contribution in [2.24, 2.45) is 0 Å². The summed E-state index contributed by atoms with van der Waals surface area (Å²) in [7, 11) is 0. The lowest BCUT2D eigenvalue weighted by Crippen LogP contribution is -2.46. The van der Waals surface area contributed by atoms with Crippen molar-refractivity contribution in [3.8, 4) is 0 Å². The SMILES string of the molecule is Cc1ccc(C(=O)N2CCOC(CCl)C2)cc1[N+](=O)[O-]. The smallest absolute Gasteiger partial charge is 0.273 e. The highest BCUT2D eigenvalue weighted by molar-refractivity contribution is 6.18. The van der Waals surface area contributed by atoms with Gasteiger partial charge in [0.1, 0.15) is 0 Å². The van der Waals surface area contributed by atoms with Gasteiger partial charge in [-0.05, 0) is 13.0 Å². The van der Waals surface area contributed by atoms with Crippen molar-refractivity contribution in [2.45, 2.75) is 13.0 Å². The lowest BCUT2D eigenvalue weighted by atomic mass is 10.1. The number of alkyl halides is 1. The Bertz CT molecular complexity index is 535. The molecule has 0 N–H and O–H groups in total. The minimum Gasteiger partial charge on any atom is -0.373 e. The Labute approximate surface area is 121 Å². The van der Waals surface area contributed by atoms with Gasteiger partial charge in [-0.3, -0.25) is 14.9 Å². The van der Waals surface area contributed by atoms with Crippen molar-refractivity contribution in [1.82, 2.24) is 4.90 Å². The Balaban J connectivity index is 2.20. The molecule has 1 saturated heterocycles. The summed E-state index contributed by atoms with van der Waals surface area (Å²) < 4.78 is 5.39. The number of nitrogens with zero attached hydrogens (tertiary/aromatic N) is 2. The van der Waals surface area contributed by atoms with E-state index in [9.17, 15) is 14.9 Å². The van der Waals surface area contributed by atoms with Crippen molar-refractivity contribution < 1.29 is 14.5 Å². The molecular weight excluding hydrogens is 284 g/mol. The van der Waals surface area contributed by atoms with Crippen LogP contribution in [0.2, 0.25) is 0 Å². The molecule has 0 bridgehead atoms. The number of amides is 1. The van der Waals surface area contributed by atoms with E-state index < -0.39 is 4.92 Å². The van der Waals surface area contributed by atoms with Gasteiger partial charge >= 0.3 is 0 Å². The van der Waals surface area contributed by atoms with Crippen LogP contribution in [-0.4, -0.2) is 47.4 Å². The third-order valence-electron chi connectivity index (χ3n) is 3.25. The maximum Gasteiger partial charge on any atom is 0.273 e. The van der Waals surface area contributed by atoms with Crippen LogP contribution in [0.25, 0.3) is 0 Å². The predicted molar refractivity (Wildman–Crippen MR) is 74.2 cm³/mol. The first-order chi connectivity index (χ1) is 9.52. The average Bonchev–Trinajstić information content (AvgIpc) is 2.46. The summed E-state index contributed by atoms with van der Waals surface area (Å²) in [5.41, 5.74) is 0.808. The first-order valence-corrected chi connectivity index (χ1v) is 6.78. The van der Waals surface area contributed by atoms with Crippen LogP contribution in [-0.2, 0) is 4.74 Å². The van der Waals surface area contributed by atoms with Gasteiger partial charge in [0.15, 0.2) is 0 Å². The molecule has 0 aliphatic carbocycles. The van der Waals surface area contributed by atoms with Crippen LogP contribution in [0.15, 0.2) is 18.2 Å². The van der Waals surface area contributed by atoms with Crippen molar-refractivity contribution in [1.29, 1.82) is 0 Å². The number of hydrogen-bond acceptors (Lipinski definition) is 4. The number of nitro benzene ring substituents is 1. The third-order valence-corrected chi connectivity index (χ3v) is 3.60. The van der Waals surface area contributed by atoms with Crippen LogP contribution >= 0.6 is 11.6 Å². The zero-order chi connectivity index (χ0) is 14.7. The number of carbonyl (C=O) groups is 1. The number of carbonyl (C=O) groups excluding carboxylic acids is 1. The number of benzene rings is 1. The first-order valence-electron chi connectivity index (χ1n) is 6.25. The lowest BCUT2D eigenvalue weighted by molar-refractivity contribution is -0.385. The number of ether oxygens (including phenoxy) is 1. The summed E-state index contributed by atoms with van der Waals surface area (Å²) in [6, 6.07) is 4.52. The van der Waals surface area contributed by atoms with Gasteiger partial charge in [0.05, 0.1) is 23.5 Å². The van der Waals surface area contributed by atoms with Gasteiger partial charge in [0, 0.05) is 30.3 Å². The first kappa shape index (κ1) is 14.7. The molecule has 108 valence electrons. The number of nitro groups is 1. The highest BCUT2D eigenvalue weighted by Gasteiger charge is 2.25. The molecule has 1 amide bonds. The second kappa shape index (κ2) is 6.19. The fraction of sp³-hybridized carbons (Fsp3) is 0.462. The summed E-state index contributed by atoms with van der Waals surface area (Å²) in [5.74, 6) is 0.0872. The van der Waals surface area contributed by atoms with Gasteiger partial charge in [0.2, 0.25) is 0 Å². The molecule has 0 spiro atoms. The van der Waals surface area contributed by atoms with E-state index in [1.807, 2.05) is 0 Å². The van der Waals surface area contributed by atoms with Gasteiger partial charge in [-0.2, -0.15) is 0 Å². The van der Waals surface area contributed by atoms with E-state index in [1.54, 1.807) is 24.0 Å². The normalized spacial score (nSPS) is 18.9. The van der Waals surface area contributed by atoms with Gasteiger partial charge in [-0.1, -0.05) is 6.07 Å². The Morgan fingerprint density at radius 1 is 1.60 bits per heavy atom. The van der Waals surface area contributed by atoms with E-state index in [0.29, 0.717) is 36.7 Å². The standard InChI is InChI=1S/C13H15ClN2O4/c1-9-2-3-10(6-12(9)16(18)19)13(17)15-4-5-20-11(7-14)8-15/h2-3,6,11H,4-5,7-8H2,1H3. The quantitative estimate of drug-likeness (QED) is 0.486. The summed E-state index contributed by atoms with van der Waals surface area (Å²) in [5, 5.41) is 10.9. The Morgan fingerprint density at radius 3 is 3.00 bits per heavy atom. The molecule has 1 aromatic carbocycles. The predicted octanol–water partition coefficient (Wildman–Crippen LogP) is 1.98. The number of rotatable bonds is 3. The van der Waals surface area contributed by atoms with Crippen LogP contribution in [0.5, 0.6) is 0 Å². The van der Waals surface area contributed by atoms with Crippen molar-refractivity contribution in [2.75, 3.05) is 25.6 Å². The highest BCUT2D eigenvalue weighted by Crippen LogP contribution is 2.21. The van der Waals surface area contributed by atoms with Crippen molar-refractivity contribution in [3.63, 3.8) is 0 Å². The number of morpholine rings is 1. The fourth-order valence-electron chi connectivity index (χ4n) is 2.12. The molecule has 1 fully saturated rings. The number of halogens is 1. The minimum atomic E-state index is -0.479. The third kappa shape index (κ3) is 3.08. The zero-order valence-electron chi connectivity index (χ0n) is 11.0. The summed E-state index contributed by atoms with van der Waals surface area (Å²) in [6.07, 6.45) is -0.185. The fourth-order valence-corrected chi connectivity index (χ4v) is 2.31. The van der Waals surface area contributed by atoms with E-state index in [4.69, 9.17) is 16.3 Å². The molecule has 6 nitrogen and oxygen atoms in total. The molecule has 0 saturated carbocycles. The monoisotopic (exact) mass is 298 g/mol. The molecule has 2 rings (SSSR count). The van der Waals surface area contributed by atoms with Crippen LogP contribution < -0.4 is 0 Å². The van der Waals surface area contributed by atoms with Crippen molar-refractivity contribution in [3.05, 3.63) is 39.4 Å². The van der Waals surface area contributed by atoms with Gasteiger partial charge in [0.25, 0.3) is 11.6 Å². The molecule has 0 radical (unpaired) electrons. The Hall–Kier alpha value is -1.66. The van der Waals surface area contributed by atoms with E-state index in [0.717, 1.165) is 0 Å². The van der Waals surface area contributed by atoms with E-state index in [-0.39, 0.29) is 17.7 Å². The largest absolute Gasteiger partial charge is 0.373 e. The molecule has 1 aliphatic rings. The summed E-state index contributed by atoms with van der Waals surface area (Å²) in [6.45, 7) is 2.94. The highest BCUT2D eigenvalue weighted by atomic mass is 35.5. The number of hydrogen-bond donors (Lipinski definition) is 0. The molecule has 0 aromatic heterocycles. The minimum absolute atomic E-state index is 0.0435. The molecule has 7 heteroatoms. The van der Waals surface area contributed by atoms with Crippen LogP contribution in [0.1, 0.15) is 15.9 Å². The Kier molecular flexibility index (Phi) is 4.57. The van der Waals surface area contributed by atoms with Gasteiger partial charge in [-0.15, -0.1) is 11.6 Å². The summed E-state index contributed by atoms with van der Waals surface area (Å²) in [4.78, 5) is 24.4. The van der Waals surface area contributed by atoms with Crippen molar-refractivity contribution >= 4 is 23.2 Å². The maximum absolute atomic E-state index is 12.4. The maximum atomic E-state index is 12.4. The molecule has 1 atom stereocenters. The van der Waals surface area contributed by atoms with E-state index in [2.05, 4.69) is 0 Å². The summed E-state index contributed by atoms with van der Waals surface area (Å²) >= 11 is 5.73. The average molecular weight is 299 g/mol. The molecule has 20 heavy (non-hydrogen) atoms. The van der Waals surface area contributed by atoms with Gasteiger partial charge in [-0.25, -0.2) is 0 Å². The molecule has 1 aromatic rings. The molecule has 1 unspecified atom stereocenters. The van der Waals surface area contributed by atoms with E-state index >= 15 is 0 Å². The molecule has 1 heterocycles. The van der Waals surface area contributed by atoms with Crippen LogP contribution in [0, 0.1) is 17.0 Å². The molecule has 1 aliphatic heterocycles. The van der Waals surface area contributed by atoms with Crippen LogP contribution in [0.3, 0.4) is 0 Å². The van der Waals surface area contributed by atoms with E-state index in [1.165, 1.54) is 6.07 Å². The topological polar surface area (TPSA) is 72.7 Å². The molecular formula is C13H15ClN2O4. The second-order valence-corrected chi connectivity index (χ2v) is 4.97. The lowest BCUT2D eigenvalue weighted by Gasteiger charge is -2.32. The Morgan fingerprint density at radius 2 is 2.35 bits per heavy atom. The number of aryl methyl sites for hydroxylation is 1.